The summed E-state index contributed by atoms with van der Waals surface area (Å²) in [6, 6.07) is 7.03. The van der Waals surface area contributed by atoms with Crippen molar-refractivity contribution < 1.29 is 18.7 Å². The minimum atomic E-state index is -0.244. The van der Waals surface area contributed by atoms with Crippen molar-refractivity contribution in [3.05, 3.63) is 35.6 Å². The second-order valence-corrected chi connectivity index (χ2v) is 7.78. The monoisotopic (exact) mass is 435 g/mol. The van der Waals surface area contributed by atoms with Crippen molar-refractivity contribution >= 4 is 12.1 Å². The minimum Gasteiger partial charge on any atom is -0.450 e. The molecule has 1 aromatic carbocycles. The van der Waals surface area contributed by atoms with Crippen LogP contribution in [0, 0.1) is 5.82 Å². The van der Waals surface area contributed by atoms with Crippen molar-refractivity contribution in [2.75, 3.05) is 59.6 Å². The fourth-order valence-corrected chi connectivity index (χ4v) is 4.06. The molecule has 8 nitrogen and oxygen atoms in total. The van der Waals surface area contributed by atoms with Crippen LogP contribution in [0.15, 0.2) is 29.3 Å². The quantitative estimate of drug-likeness (QED) is 0.526. The molecule has 9 heteroatoms. The molecule has 0 spiro atoms. The summed E-state index contributed by atoms with van der Waals surface area (Å²) in [6.07, 6.45) is 1.42. The average molecular weight is 436 g/mol. The van der Waals surface area contributed by atoms with Crippen molar-refractivity contribution in [3.63, 3.8) is 0 Å². The van der Waals surface area contributed by atoms with Crippen LogP contribution < -0.4 is 10.6 Å². The number of hydrogen-bond donors (Lipinski definition) is 2. The molecule has 0 radical (unpaired) electrons. The highest BCUT2D eigenvalue weighted by molar-refractivity contribution is 5.80. The van der Waals surface area contributed by atoms with E-state index in [1.54, 1.807) is 24.1 Å². The van der Waals surface area contributed by atoms with Gasteiger partial charge >= 0.3 is 6.09 Å². The van der Waals surface area contributed by atoms with E-state index < -0.39 is 0 Å². The smallest absolute Gasteiger partial charge is 0.409 e. The van der Waals surface area contributed by atoms with Crippen LogP contribution in [0.4, 0.5) is 9.18 Å². The van der Waals surface area contributed by atoms with Crippen LogP contribution in [-0.4, -0.2) is 87.5 Å². The van der Waals surface area contributed by atoms with Gasteiger partial charge in [0.2, 0.25) is 0 Å². The van der Waals surface area contributed by atoms with Crippen LogP contribution in [-0.2, 0) is 9.47 Å². The number of rotatable bonds is 6. The number of halogens is 1. The first-order chi connectivity index (χ1) is 15.1. The summed E-state index contributed by atoms with van der Waals surface area (Å²) in [5, 5.41) is 6.88. The highest BCUT2D eigenvalue weighted by atomic mass is 19.1. The van der Waals surface area contributed by atoms with E-state index in [0.717, 1.165) is 31.5 Å². The Labute approximate surface area is 183 Å². The maximum absolute atomic E-state index is 13.9. The van der Waals surface area contributed by atoms with Gasteiger partial charge in [0.1, 0.15) is 5.82 Å². The van der Waals surface area contributed by atoms with Gasteiger partial charge in [-0.3, -0.25) is 9.89 Å². The van der Waals surface area contributed by atoms with Gasteiger partial charge in [0.15, 0.2) is 5.96 Å². The lowest BCUT2D eigenvalue weighted by Gasteiger charge is -2.36. The van der Waals surface area contributed by atoms with Crippen molar-refractivity contribution in [2.45, 2.75) is 31.8 Å². The summed E-state index contributed by atoms with van der Waals surface area (Å²) in [5.41, 5.74) is 0.938. The zero-order valence-corrected chi connectivity index (χ0v) is 18.5. The van der Waals surface area contributed by atoms with Crippen LogP contribution in [0.5, 0.6) is 0 Å². The van der Waals surface area contributed by atoms with Gasteiger partial charge in [0.05, 0.1) is 25.9 Å². The molecule has 1 amide bonds. The summed E-state index contributed by atoms with van der Waals surface area (Å²) in [6.45, 7) is 7.10. The van der Waals surface area contributed by atoms with E-state index in [1.807, 2.05) is 13.0 Å². The predicted octanol–water partition coefficient (Wildman–Crippen LogP) is 1.98. The standard InChI is InChI=1S/C22H34FN5O3/c1-3-31-22(29)28-9-7-19(8-10-28)26-21(24-2)25-16-20(27-11-13-30-14-12-27)17-5-4-6-18(23)15-17/h4-6,15,19-20H,3,7-14,16H2,1-2H3,(H2,24,25,26). The van der Waals surface area contributed by atoms with Crippen LogP contribution in [0.3, 0.4) is 0 Å². The number of nitrogens with zero attached hydrogens (tertiary/aromatic N) is 3. The summed E-state index contributed by atoms with van der Waals surface area (Å²) >= 11 is 0. The predicted molar refractivity (Wildman–Crippen MR) is 118 cm³/mol. The molecule has 0 aliphatic carbocycles. The van der Waals surface area contributed by atoms with Crippen molar-refractivity contribution in [3.8, 4) is 0 Å². The number of guanidine groups is 1. The van der Waals surface area contributed by atoms with Gasteiger partial charge in [-0.25, -0.2) is 9.18 Å². The third kappa shape index (κ3) is 6.80. The van der Waals surface area contributed by atoms with Crippen molar-refractivity contribution in [1.82, 2.24) is 20.4 Å². The molecule has 3 rings (SSSR count). The molecule has 0 saturated carbocycles. The number of amides is 1. The van der Waals surface area contributed by atoms with Crippen molar-refractivity contribution in [2.24, 2.45) is 4.99 Å². The largest absolute Gasteiger partial charge is 0.450 e. The van der Waals surface area contributed by atoms with E-state index in [1.165, 1.54) is 6.07 Å². The van der Waals surface area contributed by atoms with E-state index in [2.05, 4.69) is 20.5 Å². The molecule has 2 aliphatic heterocycles. The molecular weight excluding hydrogens is 401 g/mol. The summed E-state index contributed by atoms with van der Waals surface area (Å²) in [5.74, 6) is 0.482. The Balaban J connectivity index is 1.55. The normalized spacial score (nSPS) is 19.7. The number of piperidine rings is 1. The lowest BCUT2D eigenvalue weighted by molar-refractivity contribution is 0.0169. The van der Waals surface area contributed by atoms with Gasteiger partial charge in [0, 0.05) is 45.8 Å². The SMILES string of the molecule is CCOC(=O)N1CCC(NC(=NC)NCC(c2cccc(F)c2)N2CCOCC2)CC1. The highest BCUT2D eigenvalue weighted by Gasteiger charge is 2.26. The average Bonchev–Trinajstić information content (AvgIpc) is 2.80. The summed E-state index contributed by atoms with van der Waals surface area (Å²) in [4.78, 5) is 20.3. The lowest BCUT2D eigenvalue weighted by Crippen LogP contribution is -2.51. The number of carbonyl (C=O) groups is 1. The molecule has 2 N–H and O–H groups in total. The zero-order chi connectivity index (χ0) is 22.1. The fraction of sp³-hybridized carbons (Fsp3) is 0.636. The number of ether oxygens (including phenoxy) is 2. The maximum Gasteiger partial charge on any atom is 0.409 e. The van der Waals surface area contributed by atoms with Crippen LogP contribution in [0.25, 0.3) is 0 Å². The van der Waals surface area contributed by atoms with Gasteiger partial charge in [-0.1, -0.05) is 12.1 Å². The first-order valence-corrected chi connectivity index (χ1v) is 11.1. The van der Waals surface area contributed by atoms with Crippen LogP contribution in [0.1, 0.15) is 31.4 Å². The van der Waals surface area contributed by atoms with E-state index in [-0.39, 0.29) is 24.0 Å². The Morgan fingerprint density at radius 3 is 2.68 bits per heavy atom. The molecule has 1 aromatic rings. The summed E-state index contributed by atoms with van der Waals surface area (Å²) in [7, 11) is 1.75. The second-order valence-electron chi connectivity index (χ2n) is 7.78. The molecular formula is C22H34FN5O3. The number of hydrogen-bond acceptors (Lipinski definition) is 5. The van der Waals surface area contributed by atoms with E-state index in [0.29, 0.717) is 45.4 Å². The molecule has 31 heavy (non-hydrogen) atoms. The van der Waals surface area contributed by atoms with Gasteiger partial charge in [0.25, 0.3) is 0 Å². The molecule has 1 unspecified atom stereocenters. The van der Waals surface area contributed by atoms with E-state index in [9.17, 15) is 9.18 Å². The minimum absolute atomic E-state index is 0.0174. The first-order valence-electron chi connectivity index (χ1n) is 11.1. The molecule has 0 bridgehead atoms. The van der Waals surface area contributed by atoms with Crippen LogP contribution >= 0.6 is 0 Å². The van der Waals surface area contributed by atoms with E-state index >= 15 is 0 Å². The van der Waals surface area contributed by atoms with Gasteiger partial charge < -0.3 is 25.0 Å². The molecule has 2 fully saturated rings. The zero-order valence-electron chi connectivity index (χ0n) is 18.5. The second kappa shape index (κ2) is 11.9. The molecule has 2 saturated heterocycles. The number of aliphatic imine (C=N–C) groups is 1. The molecule has 1 atom stereocenters. The van der Waals surface area contributed by atoms with Crippen LogP contribution in [0.2, 0.25) is 0 Å². The van der Waals surface area contributed by atoms with Crippen molar-refractivity contribution in [1.29, 1.82) is 0 Å². The maximum atomic E-state index is 13.9. The van der Waals surface area contributed by atoms with Gasteiger partial charge in [-0.2, -0.15) is 0 Å². The molecule has 0 aromatic heterocycles. The van der Waals surface area contributed by atoms with Gasteiger partial charge in [-0.15, -0.1) is 0 Å². The van der Waals surface area contributed by atoms with Gasteiger partial charge in [-0.05, 0) is 37.5 Å². The number of benzene rings is 1. The molecule has 2 heterocycles. The summed E-state index contributed by atoms with van der Waals surface area (Å²) < 4.78 is 24.4. The molecule has 2 aliphatic rings. The Kier molecular flexibility index (Phi) is 8.90. The number of morpholine rings is 1. The fourth-order valence-electron chi connectivity index (χ4n) is 4.06. The Hall–Kier alpha value is -2.39. The van der Waals surface area contributed by atoms with E-state index in [4.69, 9.17) is 9.47 Å². The first kappa shape index (κ1) is 23.3. The Morgan fingerprint density at radius 2 is 2.03 bits per heavy atom. The third-order valence-electron chi connectivity index (χ3n) is 5.77. The Morgan fingerprint density at radius 1 is 1.29 bits per heavy atom. The molecule has 172 valence electrons. The topological polar surface area (TPSA) is 78.4 Å². The lowest BCUT2D eigenvalue weighted by atomic mass is 10.0. The third-order valence-corrected chi connectivity index (χ3v) is 5.77. The number of carbonyl (C=O) groups excluding carboxylic acids is 1. The highest BCUT2D eigenvalue weighted by Crippen LogP contribution is 2.22. The Bertz CT molecular complexity index is 734. The number of likely N-dealkylation sites (tertiary alicyclic amines) is 1. The number of nitrogens with one attached hydrogen (secondary N) is 2.